The molecule has 94 valence electrons. The first kappa shape index (κ1) is 12.5. The number of aromatic nitrogens is 1. The predicted molar refractivity (Wildman–Crippen MR) is 69.3 cm³/mol. The summed E-state index contributed by atoms with van der Waals surface area (Å²) in [4.78, 5) is 19.3. The zero-order chi connectivity index (χ0) is 12.6. The Bertz CT molecular complexity index is 422. The maximum absolute atomic E-state index is 12.4. The van der Waals surface area contributed by atoms with Crippen molar-refractivity contribution in [1.29, 1.82) is 0 Å². The zero-order valence-corrected chi connectivity index (χ0v) is 11.4. The number of hydrogen-bond acceptors (Lipinski definition) is 4. The molecule has 1 saturated heterocycles. The van der Waals surface area contributed by atoms with E-state index in [0.717, 1.165) is 23.5 Å². The highest BCUT2D eigenvalue weighted by Gasteiger charge is 2.30. The predicted octanol–water partition coefficient (Wildman–Crippen LogP) is 1.61. The molecule has 4 nitrogen and oxygen atoms in total. The number of thiazole rings is 1. The van der Waals surface area contributed by atoms with Crippen LogP contribution in [0.4, 0.5) is 0 Å². The van der Waals surface area contributed by atoms with Gasteiger partial charge in [-0.05, 0) is 6.42 Å². The molecule has 2 heterocycles. The molecule has 0 aliphatic carbocycles. The van der Waals surface area contributed by atoms with Crippen molar-refractivity contribution >= 4 is 17.2 Å². The fourth-order valence-corrected chi connectivity index (χ4v) is 3.01. The summed E-state index contributed by atoms with van der Waals surface area (Å²) in [6.45, 7) is 7.67. The van der Waals surface area contributed by atoms with Crippen LogP contribution in [0.25, 0.3) is 0 Å². The molecule has 0 saturated carbocycles. The highest BCUT2D eigenvalue weighted by molar-refractivity contribution is 7.11. The van der Waals surface area contributed by atoms with Crippen LogP contribution in [0.2, 0.25) is 0 Å². The van der Waals surface area contributed by atoms with Gasteiger partial charge in [0.25, 0.3) is 5.91 Å². The third-order valence-corrected chi connectivity index (χ3v) is 3.80. The molecule has 1 aromatic rings. The van der Waals surface area contributed by atoms with Gasteiger partial charge < -0.3 is 10.6 Å². The molecule has 0 unspecified atom stereocenters. The summed E-state index contributed by atoms with van der Waals surface area (Å²) in [5.74, 6) is 0.0883. The van der Waals surface area contributed by atoms with E-state index < -0.39 is 0 Å². The molecule has 1 fully saturated rings. The van der Waals surface area contributed by atoms with Gasteiger partial charge in [0.2, 0.25) is 0 Å². The summed E-state index contributed by atoms with van der Waals surface area (Å²) in [6, 6.07) is 0.130. The van der Waals surface area contributed by atoms with E-state index in [2.05, 4.69) is 25.8 Å². The minimum Gasteiger partial charge on any atom is -0.336 e. The quantitative estimate of drug-likeness (QED) is 0.827. The van der Waals surface area contributed by atoms with Crippen LogP contribution in [0.3, 0.4) is 0 Å². The average molecular weight is 253 g/mol. The Balaban J connectivity index is 2.23. The summed E-state index contributed by atoms with van der Waals surface area (Å²) < 4.78 is 0. The van der Waals surface area contributed by atoms with E-state index in [1.165, 1.54) is 11.3 Å². The number of carbonyl (C=O) groups is 1. The van der Waals surface area contributed by atoms with Crippen LogP contribution in [0.1, 0.15) is 42.6 Å². The van der Waals surface area contributed by atoms with Crippen molar-refractivity contribution in [3.05, 3.63) is 16.1 Å². The van der Waals surface area contributed by atoms with Crippen LogP contribution >= 0.6 is 11.3 Å². The van der Waals surface area contributed by atoms with Crippen LogP contribution in [-0.2, 0) is 5.41 Å². The fourth-order valence-electron chi connectivity index (χ4n) is 2.05. The van der Waals surface area contributed by atoms with Gasteiger partial charge in [-0.3, -0.25) is 4.79 Å². The molecule has 1 atom stereocenters. The van der Waals surface area contributed by atoms with Crippen LogP contribution < -0.4 is 5.73 Å². The van der Waals surface area contributed by atoms with Crippen molar-refractivity contribution in [2.75, 3.05) is 13.1 Å². The van der Waals surface area contributed by atoms with Crippen LogP contribution in [0.15, 0.2) is 5.51 Å². The second-order valence-electron chi connectivity index (χ2n) is 5.58. The molecular weight excluding hydrogens is 234 g/mol. The van der Waals surface area contributed by atoms with Gasteiger partial charge in [0.05, 0.1) is 11.2 Å². The number of nitrogens with two attached hydrogens (primary N) is 1. The van der Waals surface area contributed by atoms with Crippen molar-refractivity contribution in [1.82, 2.24) is 9.88 Å². The highest BCUT2D eigenvalue weighted by Crippen LogP contribution is 2.28. The second-order valence-corrected chi connectivity index (χ2v) is 6.43. The van der Waals surface area contributed by atoms with Gasteiger partial charge in [-0.1, -0.05) is 20.8 Å². The minimum absolute atomic E-state index is 0.0883. The Morgan fingerprint density at radius 2 is 2.29 bits per heavy atom. The molecule has 0 bridgehead atoms. The Kier molecular flexibility index (Phi) is 3.23. The van der Waals surface area contributed by atoms with Gasteiger partial charge in [0, 0.05) is 24.5 Å². The summed E-state index contributed by atoms with van der Waals surface area (Å²) in [6.07, 6.45) is 0.898. The molecule has 1 aliphatic heterocycles. The van der Waals surface area contributed by atoms with Crippen LogP contribution in [-0.4, -0.2) is 34.9 Å². The van der Waals surface area contributed by atoms with E-state index in [4.69, 9.17) is 5.73 Å². The van der Waals surface area contributed by atoms with E-state index in [1.807, 2.05) is 4.90 Å². The van der Waals surface area contributed by atoms with Gasteiger partial charge in [-0.25, -0.2) is 4.98 Å². The van der Waals surface area contributed by atoms with E-state index in [-0.39, 0.29) is 17.4 Å². The molecule has 0 radical (unpaired) electrons. The summed E-state index contributed by atoms with van der Waals surface area (Å²) in [5, 5.41) is 0. The fraction of sp³-hybridized carbons (Fsp3) is 0.667. The van der Waals surface area contributed by atoms with Gasteiger partial charge in [-0.15, -0.1) is 11.3 Å². The van der Waals surface area contributed by atoms with Crippen molar-refractivity contribution in [2.24, 2.45) is 5.73 Å². The van der Waals surface area contributed by atoms with E-state index >= 15 is 0 Å². The second kappa shape index (κ2) is 4.38. The molecule has 0 spiro atoms. The highest BCUT2D eigenvalue weighted by atomic mass is 32.1. The van der Waals surface area contributed by atoms with Crippen molar-refractivity contribution in [3.63, 3.8) is 0 Å². The molecule has 2 N–H and O–H groups in total. The lowest BCUT2D eigenvalue weighted by Crippen LogP contribution is -2.32. The smallest absolute Gasteiger partial charge is 0.265 e. The lowest BCUT2D eigenvalue weighted by atomic mass is 9.91. The Labute approximate surface area is 106 Å². The third-order valence-electron chi connectivity index (χ3n) is 2.98. The first-order valence-electron chi connectivity index (χ1n) is 5.88. The van der Waals surface area contributed by atoms with Gasteiger partial charge >= 0.3 is 0 Å². The normalized spacial score (nSPS) is 20.9. The summed E-state index contributed by atoms with van der Waals surface area (Å²) in [5.41, 5.74) is 8.39. The molecule has 1 amide bonds. The van der Waals surface area contributed by atoms with Crippen molar-refractivity contribution < 1.29 is 4.79 Å². The SMILES string of the molecule is CC(C)(C)c1ncsc1C(=O)N1CC[C@H](N)C1. The van der Waals surface area contributed by atoms with E-state index in [0.29, 0.717) is 6.54 Å². The molecule has 1 aliphatic rings. The summed E-state index contributed by atoms with van der Waals surface area (Å²) >= 11 is 1.43. The Hall–Kier alpha value is -0.940. The average Bonchev–Trinajstić information content (AvgIpc) is 2.83. The molecule has 2 rings (SSSR count). The van der Waals surface area contributed by atoms with Gasteiger partial charge in [-0.2, -0.15) is 0 Å². The third kappa shape index (κ3) is 2.50. The van der Waals surface area contributed by atoms with Gasteiger partial charge in [0.15, 0.2) is 0 Å². The Morgan fingerprint density at radius 1 is 1.59 bits per heavy atom. The number of hydrogen-bond donors (Lipinski definition) is 1. The number of nitrogens with zero attached hydrogens (tertiary/aromatic N) is 2. The number of amides is 1. The molecule has 5 heteroatoms. The van der Waals surface area contributed by atoms with E-state index in [9.17, 15) is 4.79 Å². The minimum atomic E-state index is -0.0904. The maximum Gasteiger partial charge on any atom is 0.265 e. The monoisotopic (exact) mass is 253 g/mol. The van der Waals surface area contributed by atoms with E-state index in [1.54, 1.807) is 5.51 Å². The van der Waals surface area contributed by atoms with Crippen molar-refractivity contribution in [2.45, 2.75) is 38.6 Å². The maximum atomic E-state index is 12.4. The molecule has 1 aromatic heterocycles. The lowest BCUT2D eigenvalue weighted by molar-refractivity contribution is 0.0793. The number of rotatable bonds is 1. The zero-order valence-electron chi connectivity index (χ0n) is 10.6. The van der Waals surface area contributed by atoms with Crippen molar-refractivity contribution in [3.8, 4) is 0 Å². The first-order valence-corrected chi connectivity index (χ1v) is 6.76. The lowest BCUT2D eigenvalue weighted by Gasteiger charge is -2.20. The van der Waals surface area contributed by atoms with Crippen LogP contribution in [0, 0.1) is 0 Å². The number of likely N-dealkylation sites (tertiary alicyclic amines) is 1. The standard InChI is InChI=1S/C12H19N3OS/c1-12(2,3)10-9(17-7-14-10)11(16)15-5-4-8(13)6-15/h7-8H,4-6,13H2,1-3H3/t8-/m0/s1. The first-order chi connectivity index (χ1) is 7.89. The van der Waals surface area contributed by atoms with Crippen LogP contribution in [0.5, 0.6) is 0 Å². The summed E-state index contributed by atoms with van der Waals surface area (Å²) in [7, 11) is 0. The molecule has 17 heavy (non-hydrogen) atoms. The molecule has 0 aromatic carbocycles. The largest absolute Gasteiger partial charge is 0.336 e. The Morgan fingerprint density at radius 3 is 2.82 bits per heavy atom. The number of carbonyl (C=O) groups excluding carboxylic acids is 1. The topological polar surface area (TPSA) is 59.2 Å². The van der Waals surface area contributed by atoms with Gasteiger partial charge in [0.1, 0.15) is 4.88 Å². The molecular formula is C12H19N3OS.